The van der Waals surface area contributed by atoms with Crippen LogP contribution in [-0.4, -0.2) is 47.9 Å². The molecular weight excluding hydrogens is 449 g/mol. The summed E-state index contributed by atoms with van der Waals surface area (Å²) in [5, 5.41) is 7.21. The molecule has 0 aliphatic carbocycles. The summed E-state index contributed by atoms with van der Waals surface area (Å²) < 4.78 is 19.0. The third-order valence-corrected chi connectivity index (χ3v) is 6.82. The Morgan fingerprint density at radius 2 is 2.03 bits per heavy atom. The molecule has 0 unspecified atom stereocenters. The highest BCUT2D eigenvalue weighted by molar-refractivity contribution is 7.80. The first-order valence-corrected chi connectivity index (χ1v) is 11.9. The van der Waals surface area contributed by atoms with Gasteiger partial charge in [0.25, 0.3) is 0 Å². The van der Waals surface area contributed by atoms with Gasteiger partial charge in [0.2, 0.25) is 5.95 Å². The Bertz CT molecular complexity index is 938. The molecule has 0 amide bonds. The van der Waals surface area contributed by atoms with Crippen LogP contribution < -0.4 is 15.5 Å². The predicted molar refractivity (Wildman–Crippen MR) is 130 cm³/mol. The highest BCUT2D eigenvalue weighted by Crippen LogP contribution is 2.34. The summed E-state index contributed by atoms with van der Waals surface area (Å²) in [5.41, 5.74) is 0.903. The second-order valence-electron chi connectivity index (χ2n) is 8.77. The van der Waals surface area contributed by atoms with Crippen LogP contribution in [0.3, 0.4) is 0 Å². The zero-order chi connectivity index (χ0) is 22.6. The van der Waals surface area contributed by atoms with Gasteiger partial charge in [-0.25, -0.2) is 9.37 Å². The second-order valence-corrected chi connectivity index (χ2v) is 9.57. The van der Waals surface area contributed by atoms with Crippen molar-refractivity contribution in [2.24, 2.45) is 5.92 Å². The summed E-state index contributed by atoms with van der Waals surface area (Å²) in [7, 11) is 0. The van der Waals surface area contributed by atoms with Gasteiger partial charge in [-0.3, -0.25) is 0 Å². The number of hydrogen-bond acceptors (Lipinski definition) is 5. The minimum absolute atomic E-state index is 0.179. The molecule has 32 heavy (non-hydrogen) atoms. The third-order valence-electron chi connectivity index (χ3n) is 6.38. The lowest BCUT2D eigenvalue weighted by atomic mass is 9.74. The topological polar surface area (TPSA) is 62.3 Å². The first-order valence-electron chi connectivity index (χ1n) is 11.1. The molecule has 2 fully saturated rings. The Hall–Kier alpha value is -2.03. The number of nitrogens with zero attached hydrogens (tertiary/aromatic N) is 3. The molecule has 9 heteroatoms. The molecule has 0 spiro atoms. The van der Waals surface area contributed by atoms with Gasteiger partial charge < -0.3 is 20.3 Å². The van der Waals surface area contributed by atoms with Crippen LogP contribution >= 0.6 is 23.8 Å². The smallest absolute Gasteiger partial charge is 0.232 e. The number of piperidine rings is 1. The van der Waals surface area contributed by atoms with E-state index < -0.39 is 0 Å². The lowest BCUT2D eigenvalue weighted by Crippen LogP contribution is -2.45. The van der Waals surface area contributed by atoms with E-state index in [0.717, 1.165) is 43.7 Å². The number of anilines is 2. The van der Waals surface area contributed by atoms with E-state index in [1.807, 2.05) is 12.1 Å². The van der Waals surface area contributed by atoms with E-state index in [9.17, 15) is 4.39 Å². The molecule has 0 bridgehead atoms. The minimum atomic E-state index is -0.238. The van der Waals surface area contributed by atoms with Gasteiger partial charge in [-0.1, -0.05) is 30.7 Å². The maximum Gasteiger partial charge on any atom is 0.232 e. The Balaban J connectivity index is 1.43. The van der Waals surface area contributed by atoms with Crippen molar-refractivity contribution in [2.75, 3.05) is 43.1 Å². The Labute approximate surface area is 198 Å². The van der Waals surface area contributed by atoms with Crippen LogP contribution in [0.2, 0.25) is 5.15 Å². The zero-order valence-corrected chi connectivity index (χ0v) is 19.8. The lowest BCUT2D eigenvalue weighted by molar-refractivity contribution is 0.0515. The molecule has 4 rings (SSSR count). The third kappa shape index (κ3) is 5.66. The first kappa shape index (κ1) is 23.1. The van der Waals surface area contributed by atoms with Crippen molar-refractivity contribution < 1.29 is 9.13 Å². The SMILES string of the molecule is C[C@@H]1CCCN(c2cc(Cl)nc(NC(=S)NCC3(c4ccc(F)cc4)CCOCC3)n2)C1. The number of nitrogens with one attached hydrogen (secondary N) is 2. The van der Waals surface area contributed by atoms with E-state index in [1.54, 1.807) is 6.07 Å². The van der Waals surface area contributed by atoms with Crippen molar-refractivity contribution >= 4 is 40.7 Å². The molecule has 2 aliphatic heterocycles. The largest absolute Gasteiger partial charge is 0.381 e. The average Bonchev–Trinajstić information content (AvgIpc) is 2.78. The number of aromatic nitrogens is 2. The number of rotatable bonds is 5. The van der Waals surface area contributed by atoms with Crippen molar-refractivity contribution in [3.8, 4) is 0 Å². The van der Waals surface area contributed by atoms with Crippen LogP contribution in [0.5, 0.6) is 0 Å². The summed E-state index contributed by atoms with van der Waals surface area (Å²) in [5.74, 6) is 1.58. The van der Waals surface area contributed by atoms with Gasteiger partial charge in [-0.05, 0) is 61.5 Å². The summed E-state index contributed by atoms with van der Waals surface area (Å²) >= 11 is 11.8. The molecule has 1 atom stereocenters. The summed E-state index contributed by atoms with van der Waals surface area (Å²) in [4.78, 5) is 11.2. The quantitative estimate of drug-likeness (QED) is 0.484. The highest BCUT2D eigenvalue weighted by Gasteiger charge is 2.34. The zero-order valence-electron chi connectivity index (χ0n) is 18.2. The van der Waals surface area contributed by atoms with Gasteiger partial charge in [0, 0.05) is 44.3 Å². The van der Waals surface area contributed by atoms with Gasteiger partial charge in [0.15, 0.2) is 5.11 Å². The maximum atomic E-state index is 13.5. The lowest BCUT2D eigenvalue weighted by Gasteiger charge is -2.38. The van der Waals surface area contributed by atoms with E-state index in [1.165, 1.54) is 18.6 Å². The van der Waals surface area contributed by atoms with Gasteiger partial charge in [-0.15, -0.1) is 0 Å². The van der Waals surface area contributed by atoms with Crippen molar-refractivity contribution in [2.45, 2.75) is 38.0 Å². The van der Waals surface area contributed by atoms with Crippen LogP contribution in [0, 0.1) is 11.7 Å². The van der Waals surface area contributed by atoms with Gasteiger partial charge in [0.1, 0.15) is 16.8 Å². The first-order chi connectivity index (χ1) is 15.4. The van der Waals surface area contributed by atoms with E-state index in [0.29, 0.717) is 41.9 Å². The van der Waals surface area contributed by atoms with Crippen molar-refractivity contribution in [1.29, 1.82) is 0 Å². The second kappa shape index (κ2) is 10.3. The molecule has 172 valence electrons. The van der Waals surface area contributed by atoms with Crippen LogP contribution in [0.4, 0.5) is 16.2 Å². The predicted octanol–water partition coefficient (Wildman–Crippen LogP) is 4.54. The maximum absolute atomic E-state index is 13.5. The molecular formula is C23H29ClFN5OS. The Kier molecular flexibility index (Phi) is 7.43. The van der Waals surface area contributed by atoms with Crippen molar-refractivity contribution in [3.63, 3.8) is 0 Å². The number of halogens is 2. The minimum Gasteiger partial charge on any atom is -0.381 e. The van der Waals surface area contributed by atoms with Gasteiger partial charge in [0.05, 0.1) is 0 Å². The van der Waals surface area contributed by atoms with Crippen molar-refractivity contribution in [1.82, 2.24) is 15.3 Å². The number of thiocarbonyl (C=S) groups is 1. The number of hydrogen-bond donors (Lipinski definition) is 2. The van der Waals surface area contributed by atoms with Gasteiger partial charge >= 0.3 is 0 Å². The fourth-order valence-corrected chi connectivity index (χ4v) is 4.89. The molecule has 0 radical (unpaired) electrons. The van der Waals surface area contributed by atoms with Gasteiger partial charge in [-0.2, -0.15) is 4.98 Å². The molecule has 6 nitrogen and oxygen atoms in total. The molecule has 1 aromatic carbocycles. The monoisotopic (exact) mass is 477 g/mol. The fourth-order valence-electron chi connectivity index (χ4n) is 4.55. The van der Waals surface area contributed by atoms with E-state index in [2.05, 4.69) is 32.4 Å². The van der Waals surface area contributed by atoms with Crippen molar-refractivity contribution in [3.05, 3.63) is 46.9 Å². The summed E-state index contributed by atoms with van der Waals surface area (Å²) in [6, 6.07) is 8.51. The molecule has 2 aliphatic rings. The van der Waals surface area contributed by atoms with Crippen LogP contribution in [0.25, 0.3) is 0 Å². The number of benzene rings is 1. The van der Waals surface area contributed by atoms with Crippen LogP contribution in [-0.2, 0) is 10.2 Å². The van der Waals surface area contributed by atoms with E-state index >= 15 is 0 Å². The summed E-state index contributed by atoms with van der Waals surface area (Å²) in [6.45, 7) is 6.09. The Morgan fingerprint density at radius 1 is 1.28 bits per heavy atom. The Morgan fingerprint density at radius 3 is 2.75 bits per heavy atom. The molecule has 3 heterocycles. The summed E-state index contributed by atoms with van der Waals surface area (Å²) in [6.07, 6.45) is 4.04. The standard InChI is InChI=1S/C23H29ClFN5OS/c1-16-3-2-10-30(14-16)20-13-19(24)27-21(28-20)29-22(32)26-15-23(8-11-31-12-9-23)17-4-6-18(25)7-5-17/h4-7,13,16H,2-3,8-12,14-15H2,1H3,(H2,26,27,28,29,32)/t16-/m1/s1. The van der Waals surface area contributed by atoms with E-state index in [4.69, 9.17) is 28.6 Å². The van der Waals surface area contributed by atoms with Crippen LogP contribution in [0.1, 0.15) is 38.2 Å². The molecule has 2 saturated heterocycles. The molecule has 0 saturated carbocycles. The number of ether oxygens (including phenoxy) is 1. The highest BCUT2D eigenvalue weighted by atomic mass is 35.5. The van der Waals surface area contributed by atoms with Crippen LogP contribution in [0.15, 0.2) is 30.3 Å². The normalized spacial score (nSPS) is 20.6. The molecule has 2 aromatic rings. The average molecular weight is 478 g/mol. The van der Waals surface area contributed by atoms with E-state index in [-0.39, 0.29) is 11.2 Å². The molecule has 1 aromatic heterocycles. The fraction of sp³-hybridized carbons (Fsp3) is 0.522. The molecule has 2 N–H and O–H groups in total.